The number of hydrogen-bond donors (Lipinski definition) is 3. The molecule has 0 saturated heterocycles. The molecule has 3 rings (SSSR count). The van der Waals surface area contributed by atoms with Crippen molar-refractivity contribution in [2.45, 2.75) is 20.8 Å². The minimum absolute atomic E-state index is 0.322. The minimum Gasteiger partial charge on any atom is -0.508 e. The molecule has 0 amide bonds. The van der Waals surface area contributed by atoms with E-state index < -0.39 is 0 Å². The Hall–Kier alpha value is -2.94. The number of benzene rings is 3. The summed E-state index contributed by atoms with van der Waals surface area (Å²) in [6.07, 6.45) is 0. The molecule has 0 spiro atoms. The van der Waals surface area contributed by atoms with Crippen LogP contribution in [0.4, 0.5) is 0 Å². The Bertz CT molecular complexity index is 699. The maximum Gasteiger partial charge on any atom is 0.115 e. The second-order valence-corrected chi connectivity index (χ2v) is 5.44. The van der Waals surface area contributed by atoms with Crippen molar-refractivity contribution in [3.8, 4) is 17.2 Å². The van der Waals surface area contributed by atoms with Crippen molar-refractivity contribution in [3.63, 3.8) is 0 Å². The van der Waals surface area contributed by atoms with E-state index in [-0.39, 0.29) is 0 Å². The van der Waals surface area contributed by atoms with Gasteiger partial charge in [-0.15, -0.1) is 0 Å². The Morgan fingerprint density at radius 3 is 1.38 bits per heavy atom. The van der Waals surface area contributed by atoms with Gasteiger partial charge in [-0.1, -0.05) is 42.0 Å². The summed E-state index contributed by atoms with van der Waals surface area (Å²) in [7, 11) is 0. The molecule has 0 fully saturated rings. The van der Waals surface area contributed by atoms with Gasteiger partial charge < -0.3 is 15.3 Å². The lowest BCUT2D eigenvalue weighted by Gasteiger charge is -1.97. The summed E-state index contributed by atoms with van der Waals surface area (Å²) < 4.78 is 0. The van der Waals surface area contributed by atoms with Gasteiger partial charge in [-0.3, -0.25) is 0 Å². The third-order valence-electron chi connectivity index (χ3n) is 3.28. The normalized spacial score (nSPS) is 9.12. The van der Waals surface area contributed by atoms with E-state index in [2.05, 4.69) is 0 Å². The van der Waals surface area contributed by atoms with E-state index in [1.807, 2.05) is 45.0 Å². The minimum atomic E-state index is 0.322. The lowest BCUT2D eigenvalue weighted by Crippen LogP contribution is -1.76. The molecule has 126 valence electrons. The number of hydrogen-bond acceptors (Lipinski definition) is 3. The van der Waals surface area contributed by atoms with Gasteiger partial charge in [0.05, 0.1) is 0 Å². The first-order valence-corrected chi connectivity index (χ1v) is 7.64. The predicted octanol–water partition coefficient (Wildman–Crippen LogP) is 5.10. The van der Waals surface area contributed by atoms with E-state index in [4.69, 9.17) is 15.3 Å². The molecule has 3 aromatic carbocycles. The van der Waals surface area contributed by atoms with Crippen LogP contribution in [0.2, 0.25) is 0 Å². The van der Waals surface area contributed by atoms with Crippen molar-refractivity contribution >= 4 is 0 Å². The number of para-hydroxylation sites is 1. The highest BCUT2D eigenvalue weighted by Crippen LogP contribution is 2.13. The van der Waals surface area contributed by atoms with Crippen molar-refractivity contribution in [2.75, 3.05) is 0 Å². The first-order chi connectivity index (χ1) is 11.4. The third kappa shape index (κ3) is 7.90. The maximum absolute atomic E-state index is 8.94. The fraction of sp³-hybridized carbons (Fsp3) is 0.143. The average molecular weight is 324 g/mol. The quantitative estimate of drug-likeness (QED) is 0.539. The van der Waals surface area contributed by atoms with Crippen LogP contribution in [-0.4, -0.2) is 15.3 Å². The summed E-state index contributed by atoms with van der Waals surface area (Å²) in [4.78, 5) is 0. The molecule has 3 nitrogen and oxygen atoms in total. The molecule has 0 radical (unpaired) electrons. The largest absolute Gasteiger partial charge is 0.508 e. The molecule has 0 aliphatic rings. The van der Waals surface area contributed by atoms with Gasteiger partial charge in [0.25, 0.3) is 0 Å². The fourth-order valence-electron chi connectivity index (χ4n) is 1.70. The SMILES string of the molecule is Cc1ccc(O)cc1.Cc1ccc(O)cc1C.Oc1ccccc1. The van der Waals surface area contributed by atoms with E-state index in [1.54, 1.807) is 48.5 Å². The molecule has 0 aliphatic heterocycles. The van der Waals surface area contributed by atoms with Gasteiger partial charge in [0.2, 0.25) is 0 Å². The lowest BCUT2D eigenvalue weighted by atomic mass is 10.1. The van der Waals surface area contributed by atoms with Crippen LogP contribution in [0.5, 0.6) is 17.2 Å². The zero-order valence-corrected chi connectivity index (χ0v) is 14.3. The van der Waals surface area contributed by atoms with Crippen LogP contribution in [0.3, 0.4) is 0 Å². The van der Waals surface area contributed by atoms with Gasteiger partial charge in [-0.25, -0.2) is 0 Å². The van der Waals surface area contributed by atoms with E-state index in [0.717, 1.165) is 5.56 Å². The van der Waals surface area contributed by atoms with Gasteiger partial charge in [-0.05, 0) is 68.3 Å². The summed E-state index contributed by atoms with van der Waals surface area (Å²) >= 11 is 0. The summed E-state index contributed by atoms with van der Waals surface area (Å²) in [5.41, 5.74) is 3.52. The van der Waals surface area contributed by atoms with Crippen LogP contribution >= 0.6 is 0 Å². The fourth-order valence-corrected chi connectivity index (χ4v) is 1.70. The Balaban J connectivity index is 0.000000181. The molecule has 24 heavy (non-hydrogen) atoms. The second-order valence-electron chi connectivity index (χ2n) is 5.44. The Labute approximate surface area is 143 Å². The summed E-state index contributed by atoms with van der Waals surface area (Å²) in [5.74, 6) is 0.996. The van der Waals surface area contributed by atoms with Crippen LogP contribution < -0.4 is 0 Å². The van der Waals surface area contributed by atoms with E-state index in [9.17, 15) is 0 Å². The van der Waals surface area contributed by atoms with Crippen LogP contribution in [0.1, 0.15) is 16.7 Å². The van der Waals surface area contributed by atoms with E-state index in [0.29, 0.717) is 17.2 Å². The monoisotopic (exact) mass is 324 g/mol. The van der Waals surface area contributed by atoms with E-state index >= 15 is 0 Å². The molecule has 0 saturated carbocycles. The van der Waals surface area contributed by atoms with Crippen molar-refractivity contribution in [2.24, 2.45) is 0 Å². The average Bonchev–Trinajstić information content (AvgIpc) is 2.56. The predicted molar refractivity (Wildman–Crippen MR) is 98.5 cm³/mol. The number of phenols is 3. The summed E-state index contributed by atoms with van der Waals surface area (Å²) in [6.45, 7) is 5.99. The molecule has 0 atom stereocenters. The topological polar surface area (TPSA) is 60.7 Å². The van der Waals surface area contributed by atoms with Crippen molar-refractivity contribution in [1.82, 2.24) is 0 Å². The molecule has 3 aromatic rings. The van der Waals surface area contributed by atoms with Crippen molar-refractivity contribution < 1.29 is 15.3 Å². The van der Waals surface area contributed by atoms with Gasteiger partial charge in [0, 0.05) is 0 Å². The molecule has 0 heterocycles. The zero-order chi connectivity index (χ0) is 17.9. The number of aromatic hydroxyl groups is 3. The maximum atomic E-state index is 8.94. The third-order valence-corrected chi connectivity index (χ3v) is 3.28. The van der Waals surface area contributed by atoms with Crippen LogP contribution in [0, 0.1) is 20.8 Å². The van der Waals surface area contributed by atoms with Gasteiger partial charge in [-0.2, -0.15) is 0 Å². The first-order valence-electron chi connectivity index (χ1n) is 7.64. The Morgan fingerprint density at radius 2 is 1.00 bits per heavy atom. The molecule has 3 N–H and O–H groups in total. The lowest BCUT2D eigenvalue weighted by molar-refractivity contribution is 0.474. The highest BCUT2D eigenvalue weighted by Gasteiger charge is 1.91. The molecular formula is C21H24O3. The highest BCUT2D eigenvalue weighted by atomic mass is 16.3. The van der Waals surface area contributed by atoms with Crippen LogP contribution in [-0.2, 0) is 0 Å². The molecule has 0 bridgehead atoms. The highest BCUT2D eigenvalue weighted by molar-refractivity contribution is 5.32. The number of rotatable bonds is 0. The van der Waals surface area contributed by atoms with Crippen LogP contribution in [0.25, 0.3) is 0 Å². The van der Waals surface area contributed by atoms with Crippen molar-refractivity contribution in [3.05, 3.63) is 89.5 Å². The first kappa shape index (κ1) is 19.1. The molecule has 0 unspecified atom stereocenters. The van der Waals surface area contributed by atoms with Crippen LogP contribution in [0.15, 0.2) is 72.8 Å². The van der Waals surface area contributed by atoms with E-state index in [1.165, 1.54) is 11.1 Å². The Kier molecular flexibility index (Phi) is 7.92. The standard InChI is InChI=1S/C8H10O.C7H8O.C6H6O/c1-6-3-4-8(9)5-7(6)2;1-6-2-4-7(8)5-3-6;7-6-4-2-1-3-5-6/h3-5,9H,1-2H3;2-5,8H,1H3;1-5,7H. The summed E-state index contributed by atoms with van der Waals surface area (Å²) in [5, 5.41) is 26.3. The molecule has 3 heteroatoms. The van der Waals surface area contributed by atoms with Gasteiger partial charge in [0.1, 0.15) is 17.2 Å². The van der Waals surface area contributed by atoms with Gasteiger partial charge >= 0.3 is 0 Å². The van der Waals surface area contributed by atoms with Crippen molar-refractivity contribution in [1.29, 1.82) is 0 Å². The number of phenolic OH excluding ortho intramolecular Hbond substituents is 3. The molecule has 0 aliphatic carbocycles. The zero-order valence-electron chi connectivity index (χ0n) is 14.3. The van der Waals surface area contributed by atoms with Gasteiger partial charge in [0.15, 0.2) is 0 Å². The molecule has 0 aromatic heterocycles. The second kappa shape index (κ2) is 9.95. The molecular weight excluding hydrogens is 300 g/mol. The smallest absolute Gasteiger partial charge is 0.115 e. The Morgan fingerprint density at radius 1 is 0.500 bits per heavy atom. The number of aryl methyl sites for hydroxylation is 3. The summed E-state index contributed by atoms with van der Waals surface area (Å²) in [6, 6.07) is 21.2.